The van der Waals surface area contributed by atoms with Crippen molar-refractivity contribution in [2.24, 2.45) is 0 Å². The van der Waals surface area contributed by atoms with Crippen molar-refractivity contribution in [2.75, 3.05) is 6.61 Å². The number of hydrogen-bond donors (Lipinski definition) is 2. The monoisotopic (exact) mass is 205 g/mol. The molecule has 4 nitrogen and oxygen atoms in total. The molecule has 0 amide bonds. The average molecular weight is 205 g/mol. The van der Waals surface area contributed by atoms with Gasteiger partial charge in [0.15, 0.2) is 0 Å². The summed E-state index contributed by atoms with van der Waals surface area (Å²) >= 11 is 0. The number of carbonyl (C=O) groups is 1. The van der Waals surface area contributed by atoms with E-state index in [0.29, 0.717) is 6.61 Å². The second-order valence-electron chi connectivity index (χ2n) is 3.25. The smallest absolute Gasteiger partial charge is 0.329 e. The summed E-state index contributed by atoms with van der Waals surface area (Å²) in [5, 5.41) is 9.49. The number of benzene rings is 1. The van der Waals surface area contributed by atoms with Crippen LogP contribution in [0.25, 0.3) is 10.9 Å². The Balaban J connectivity index is 2.11. The van der Waals surface area contributed by atoms with Gasteiger partial charge < -0.3 is 14.8 Å². The van der Waals surface area contributed by atoms with Crippen LogP contribution in [0.15, 0.2) is 30.5 Å². The average Bonchev–Trinajstić information content (AvgIpc) is 2.62. The highest BCUT2D eigenvalue weighted by molar-refractivity contribution is 5.82. The van der Waals surface area contributed by atoms with E-state index in [1.54, 1.807) is 0 Å². The summed E-state index contributed by atoms with van der Waals surface area (Å²) in [6, 6.07) is 7.83. The van der Waals surface area contributed by atoms with Crippen LogP contribution in [-0.4, -0.2) is 22.7 Å². The van der Waals surface area contributed by atoms with E-state index >= 15 is 0 Å². The molecule has 0 atom stereocenters. The number of aliphatic carboxylic acids is 1. The summed E-state index contributed by atoms with van der Waals surface area (Å²) in [7, 11) is 0. The van der Waals surface area contributed by atoms with Gasteiger partial charge >= 0.3 is 5.97 Å². The molecule has 1 aromatic carbocycles. The lowest BCUT2D eigenvalue weighted by Gasteiger charge is -1.99. The number of carboxylic acid groups (broad SMARTS) is 1. The highest BCUT2D eigenvalue weighted by Crippen LogP contribution is 2.18. The summed E-state index contributed by atoms with van der Waals surface area (Å²) in [6.07, 6.45) is 1.84. The number of para-hydroxylation sites is 1. The standard InChI is InChI=1S/C11H11NO3/c13-11(14)7-15-6-8-5-12-10-4-2-1-3-9(8)10/h1-5,12H,6-7H2,(H,13,14). The molecule has 1 heterocycles. The van der Waals surface area contributed by atoms with Gasteiger partial charge in [-0.1, -0.05) is 18.2 Å². The van der Waals surface area contributed by atoms with E-state index in [1.165, 1.54) is 0 Å². The van der Waals surface area contributed by atoms with Gasteiger partial charge in [-0.2, -0.15) is 0 Å². The Morgan fingerprint density at radius 1 is 1.40 bits per heavy atom. The van der Waals surface area contributed by atoms with Gasteiger partial charge in [0.2, 0.25) is 0 Å². The normalized spacial score (nSPS) is 10.7. The fraction of sp³-hybridized carbons (Fsp3) is 0.182. The topological polar surface area (TPSA) is 62.3 Å². The van der Waals surface area contributed by atoms with Gasteiger partial charge in [0.1, 0.15) is 6.61 Å². The zero-order chi connectivity index (χ0) is 10.7. The van der Waals surface area contributed by atoms with E-state index in [2.05, 4.69) is 4.98 Å². The number of hydrogen-bond acceptors (Lipinski definition) is 2. The Hall–Kier alpha value is -1.81. The first-order valence-electron chi connectivity index (χ1n) is 4.62. The van der Waals surface area contributed by atoms with Crippen LogP contribution < -0.4 is 0 Å². The van der Waals surface area contributed by atoms with Crippen molar-refractivity contribution < 1.29 is 14.6 Å². The number of rotatable bonds is 4. The van der Waals surface area contributed by atoms with Crippen molar-refractivity contribution in [3.8, 4) is 0 Å². The van der Waals surface area contributed by atoms with Gasteiger partial charge in [0.05, 0.1) is 6.61 Å². The molecule has 0 saturated heterocycles. The fourth-order valence-corrected chi connectivity index (χ4v) is 1.50. The molecule has 2 aromatic rings. The molecule has 0 aliphatic heterocycles. The SMILES string of the molecule is O=C(O)COCc1c[nH]c2ccccc12. The van der Waals surface area contributed by atoms with Crippen LogP contribution in [0.5, 0.6) is 0 Å². The lowest BCUT2D eigenvalue weighted by atomic mass is 10.2. The van der Waals surface area contributed by atoms with Crippen molar-refractivity contribution >= 4 is 16.9 Å². The molecule has 1 aromatic heterocycles. The van der Waals surface area contributed by atoms with E-state index in [9.17, 15) is 4.79 Å². The largest absolute Gasteiger partial charge is 0.480 e. The summed E-state index contributed by atoms with van der Waals surface area (Å²) in [6.45, 7) is 0.0514. The number of fused-ring (bicyclic) bond motifs is 1. The molecule has 4 heteroatoms. The van der Waals surface area contributed by atoms with Gasteiger partial charge in [-0.3, -0.25) is 0 Å². The maximum Gasteiger partial charge on any atom is 0.329 e. The minimum atomic E-state index is -0.949. The van der Waals surface area contributed by atoms with E-state index in [1.807, 2.05) is 30.5 Å². The van der Waals surface area contributed by atoms with Crippen LogP contribution in [0.3, 0.4) is 0 Å². The third kappa shape index (κ3) is 2.16. The molecule has 0 fully saturated rings. The maximum atomic E-state index is 10.3. The maximum absolute atomic E-state index is 10.3. The first kappa shape index (κ1) is 9.73. The number of nitrogens with one attached hydrogen (secondary N) is 1. The van der Waals surface area contributed by atoms with Crippen molar-refractivity contribution in [1.82, 2.24) is 4.98 Å². The Bertz CT molecular complexity index is 475. The molecule has 0 unspecified atom stereocenters. The highest BCUT2D eigenvalue weighted by Gasteiger charge is 2.03. The van der Waals surface area contributed by atoms with E-state index in [0.717, 1.165) is 16.5 Å². The molecule has 0 radical (unpaired) electrons. The Labute approximate surface area is 86.5 Å². The summed E-state index contributed by atoms with van der Waals surface area (Å²) in [5.41, 5.74) is 2.01. The number of ether oxygens (including phenoxy) is 1. The lowest BCUT2D eigenvalue weighted by Crippen LogP contribution is -2.06. The van der Waals surface area contributed by atoms with Crippen LogP contribution >= 0.6 is 0 Å². The minimum absolute atomic E-state index is 0.264. The second kappa shape index (κ2) is 4.14. The Morgan fingerprint density at radius 2 is 2.20 bits per heavy atom. The lowest BCUT2D eigenvalue weighted by molar-refractivity contribution is -0.142. The molecule has 15 heavy (non-hydrogen) atoms. The van der Waals surface area contributed by atoms with Crippen LogP contribution in [0.4, 0.5) is 0 Å². The molecule has 0 spiro atoms. The van der Waals surface area contributed by atoms with E-state index in [4.69, 9.17) is 9.84 Å². The minimum Gasteiger partial charge on any atom is -0.480 e. The van der Waals surface area contributed by atoms with Gasteiger partial charge in [0.25, 0.3) is 0 Å². The Morgan fingerprint density at radius 3 is 3.00 bits per heavy atom. The van der Waals surface area contributed by atoms with Crippen molar-refractivity contribution in [3.63, 3.8) is 0 Å². The molecular weight excluding hydrogens is 194 g/mol. The molecule has 0 aliphatic carbocycles. The second-order valence-corrected chi connectivity index (χ2v) is 3.25. The van der Waals surface area contributed by atoms with Gasteiger partial charge in [-0.15, -0.1) is 0 Å². The molecule has 0 bridgehead atoms. The van der Waals surface area contributed by atoms with Crippen molar-refractivity contribution in [1.29, 1.82) is 0 Å². The predicted octanol–water partition coefficient (Wildman–Crippen LogP) is 1.77. The number of H-pyrrole nitrogens is 1. The van der Waals surface area contributed by atoms with Crippen LogP contribution in [-0.2, 0) is 16.1 Å². The molecule has 0 saturated carbocycles. The summed E-state index contributed by atoms with van der Waals surface area (Å²) < 4.78 is 5.03. The Kier molecular flexibility index (Phi) is 2.69. The van der Waals surface area contributed by atoms with Gasteiger partial charge in [0, 0.05) is 22.7 Å². The predicted molar refractivity (Wildman–Crippen MR) is 55.6 cm³/mol. The van der Waals surface area contributed by atoms with Crippen LogP contribution in [0.1, 0.15) is 5.56 Å². The molecular formula is C11H11NO3. The summed E-state index contributed by atoms with van der Waals surface area (Å²) in [4.78, 5) is 13.4. The zero-order valence-corrected chi connectivity index (χ0v) is 8.06. The van der Waals surface area contributed by atoms with E-state index < -0.39 is 5.97 Å². The molecule has 78 valence electrons. The van der Waals surface area contributed by atoms with Gasteiger partial charge in [-0.25, -0.2) is 4.79 Å². The first-order chi connectivity index (χ1) is 7.27. The molecule has 2 N–H and O–H groups in total. The van der Waals surface area contributed by atoms with Crippen LogP contribution in [0.2, 0.25) is 0 Å². The third-order valence-corrected chi connectivity index (χ3v) is 2.16. The zero-order valence-electron chi connectivity index (χ0n) is 8.06. The first-order valence-corrected chi connectivity index (χ1v) is 4.62. The van der Waals surface area contributed by atoms with Crippen molar-refractivity contribution in [2.45, 2.75) is 6.61 Å². The fourth-order valence-electron chi connectivity index (χ4n) is 1.50. The quantitative estimate of drug-likeness (QED) is 0.799. The molecule has 0 aliphatic rings. The number of aromatic amines is 1. The highest BCUT2D eigenvalue weighted by atomic mass is 16.5. The number of aromatic nitrogens is 1. The van der Waals surface area contributed by atoms with E-state index in [-0.39, 0.29) is 6.61 Å². The summed E-state index contributed by atoms with van der Waals surface area (Å²) in [5.74, 6) is -0.949. The van der Waals surface area contributed by atoms with Crippen molar-refractivity contribution in [3.05, 3.63) is 36.0 Å². The molecule has 2 rings (SSSR count). The van der Waals surface area contributed by atoms with Gasteiger partial charge in [-0.05, 0) is 6.07 Å². The number of carboxylic acids is 1. The third-order valence-electron chi connectivity index (χ3n) is 2.16. The van der Waals surface area contributed by atoms with Crippen LogP contribution in [0, 0.1) is 0 Å².